The summed E-state index contributed by atoms with van der Waals surface area (Å²) in [6.45, 7) is 6.55. The maximum absolute atomic E-state index is 13.8. The van der Waals surface area contributed by atoms with E-state index in [4.69, 9.17) is 9.47 Å². The number of aromatic nitrogens is 2. The van der Waals surface area contributed by atoms with E-state index in [1.807, 2.05) is 0 Å². The zero-order chi connectivity index (χ0) is 24.3. The molecule has 0 spiro atoms. The van der Waals surface area contributed by atoms with Crippen LogP contribution in [0.4, 0.5) is 4.79 Å². The number of amides is 1. The molecule has 4 rings (SSSR count). The molecule has 34 heavy (non-hydrogen) atoms. The first-order chi connectivity index (χ1) is 16.1. The van der Waals surface area contributed by atoms with E-state index in [2.05, 4.69) is 9.97 Å². The molecule has 1 saturated heterocycles. The van der Waals surface area contributed by atoms with Gasteiger partial charge in [-0.25, -0.2) is 13.2 Å². The Hall–Kier alpha value is -3.24. The first-order valence-corrected chi connectivity index (χ1v) is 12.5. The van der Waals surface area contributed by atoms with Gasteiger partial charge in [0.05, 0.1) is 17.3 Å². The van der Waals surface area contributed by atoms with E-state index in [1.54, 1.807) is 74.6 Å². The van der Waals surface area contributed by atoms with Crippen molar-refractivity contribution in [3.8, 4) is 11.5 Å². The Morgan fingerprint density at radius 1 is 0.971 bits per heavy atom. The van der Waals surface area contributed by atoms with Crippen molar-refractivity contribution in [3.63, 3.8) is 0 Å². The number of rotatable bonds is 4. The molecule has 0 saturated carbocycles. The van der Waals surface area contributed by atoms with Gasteiger partial charge in [0, 0.05) is 49.3 Å². The molecule has 9 nitrogen and oxygen atoms in total. The van der Waals surface area contributed by atoms with Crippen LogP contribution in [-0.2, 0) is 14.8 Å². The zero-order valence-corrected chi connectivity index (χ0v) is 20.3. The summed E-state index contributed by atoms with van der Waals surface area (Å²) in [7, 11) is -3.88. The maximum Gasteiger partial charge on any atom is 0.410 e. The van der Waals surface area contributed by atoms with Crippen LogP contribution in [0.2, 0.25) is 0 Å². The van der Waals surface area contributed by atoms with Gasteiger partial charge in [-0.3, -0.25) is 9.97 Å². The number of pyridine rings is 2. The van der Waals surface area contributed by atoms with Crippen molar-refractivity contribution >= 4 is 26.9 Å². The van der Waals surface area contributed by atoms with E-state index < -0.39 is 21.7 Å². The fourth-order valence-corrected chi connectivity index (χ4v) is 5.47. The molecule has 10 heteroatoms. The Morgan fingerprint density at radius 3 is 2.53 bits per heavy atom. The van der Waals surface area contributed by atoms with Crippen LogP contribution in [0.1, 0.15) is 27.2 Å². The first kappa shape index (κ1) is 23.9. The Bertz CT molecular complexity index is 1270. The summed E-state index contributed by atoms with van der Waals surface area (Å²) in [6.07, 6.45) is 6.36. The van der Waals surface area contributed by atoms with Gasteiger partial charge in [-0.1, -0.05) is 12.1 Å². The SMILES string of the molecule is CC(C)(C)OC(=O)N1CCCN(S(=O)(=O)c2cccc3cncc(Oc4cccnc4)c23)CC1. The molecule has 1 aliphatic rings. The quantitative estimate of drug-likeness (QED) is 0.550. The van der Waals surface area contributed by atoms with Gasteiger partial charge in [-0.05, 0) is 45.4 Å². The third-order valence-electron chi connectivity index (χ3n) is 5.30. The Labute approximate surface area is 199 Å². The highest BCUT2D eigenvalue weighted by atomic mass is 32.2. The number of carbonyl (C=O) groups excluding carboxylic acids is 1. The predicted molar refractivity (Wildman–Crippen MR) is 127 cm³/mol. The fraction of sp³-hybridized carbons (Fsp3) is 0.375. The van der Waals surface area contributed by atoms with Gasteiger partial charge in [-0.15, -0.1) is 0 Å². The fourth-order valence-electron chi connectivity index (χ4n) is 3.78. The van der Waals surface area contributed by atoms with Crippen LogP contribution in [0.5, 0.6) is 11.5 Å². The summed E-state index contributed by atoms with van der Waals surface area (Å²) in [6, 6.07) is 8.53. The number of carbonyl (C=O) groups is 1. The highest BCUT2D eigenvalue weighted by Gasteiger charge is 2.31. The number of fused-ring (bicyclic) bond motifs is 1. The molecule has 0 N–H and O–H groups in total. The van der Waals surface area contributed by atoms with Crippen LogP contribution in [0.15, 0.2) is 60.0 Å². The minimum absolute atomic E-state index is 0.136. The lowest BCUT2D eigenvalue weighted by atomic mass is 10.1. The second kappa shape index (κ2) is 9.55. The maximum atomic E-state index is 13.8. The van der Waals surface area contributed by atoms with E-state index in [9.17, 15) is 13.2 Å². The molecule has 3 aromatic rings. The van der Waals surface area contributed by atoms with Crippen molar-refractivity contribution in [2.45, 2.75) is 37.7 Å². The highest BCUT2D eigenvalue weighted by molar-refractivity contribution is 7.89. The van der Waals surface area contributed by atoms with E-state index >= 15 is 0 Å². The minimum Gasteiger partial charge on any atom is -0.453 e. The standard InChI is InChI=1S/C24H28N4O5S/c1-24(2,3)33-23(29)27-11-6-12-28(14-13-27)34(30,31)21-9-4-7-18-15-26-17-20(22(18)21)32-19-8-5-10-25-16-19/h4-5,7-10,15-17H,6,11-14H2,1-3H3. The molecule has 2 aromatic heterocycles. The average molecular weight is 485 g/mol. The molecule has 1 amide bonds. The number of ether oxygens (including phenoxy) is 2. The number of benzene rings is 1. The highest BCUT2D eigenvalue weighted by Crippen LogP contribution is 2.35. The summed E-state index contributed by atoms with van der Waals surface area (Å²) in [5, 5.41) is 1.10. The molecule has 1 aromatic carbocycles. The number of hydrogen-bond donors (Lipinski definition) is 0. The topological polar surface area (TPSA) is 102 Å². The Kier molecular flexibility index (Phi) is 6.72. The smallest absolute Gasteiger partial charge is 0.410 e. The van der Waals surface area contributed by atoms with Crippen molar-refractivity contribution in [3.05, 3.63) is 55.1 Å². The minimum atomic E-state index is -3.88. The summed E-state index contributed by atoms with van der Waals surface area (Å²) in [4.78, 5) is 22.4. The first-order valence-electron chi connectivity index (χ1n) is 11.1. The van der Waals surface area contributed by atoms with Crippen LogP contribution in [0.25, 0.3) is 10.8 Å². The number of nitrogens with zero attached hydrogens (tertiary/aromatic N) is 4. The molecule has 0 unspecified atom stereocenters. The van der Waals surface area contributed by atoms with Crippen molar-refractivity contribution in [2.24, 2.45) is 0 Å². The zero-order valence-electron chi connectivity index (χ0n) is 19.5. The average Bonchev–Trinajstić information content (AvgIpc) is 3.06. The van der Waals surface area contributed by atoms with Gasteiger partial charge < -0.3 is 14.4 Å². The van der Waals surface area contributed by atoms with Crippen molar-refractivity contribution in [2.75, 3.05) is 26.2 Å². The van der Waals surface area contributed by atoms with E-state index in [1.165, 1.54) is 10.5 Å². The van der Waals surface area contributed by atoms with Gasteiger partial charge in [0.15, 0.2) is 5.75 Å². The van der Waals surface area contributed by atoms with Gasteiger partial charge >= 0.3 is 6.09 Å². The van der Waals surface area contributed by atoms with Crippen molar-refractivity contribution in [1.82, 2.24) is 19.2 Å². The number of hydrogen-bond acceptors (Lipinski definition) is 7. The van der Waals surface area contributed by atoms with Crippen LogP contribution in [0, 0.1) is 0 Å². The third kappa shape index (κ3) is 5.28. The summed E-state index contributed by atoms with van der Waals surface area (Å²) in [5.74, 6) is 0.807. The summed E-state index contributed by atoms with van der Waals surface area (Å²) >= 11 is 0. The summed E-state index contributed by atoms with van der Waals surface area (Å²) < 4.78 is 40.4. The normalized spacial score (nSPS) is 15.7. The molecule has 0 aliphatic carbocycles. The van der Waals surface area contributed by atoms with Gasteiger partial charge in [0.2, 0.25) is 10.0 Å². The Balaban J connectivity index is 1.64. The molecule has 0 bridgehead atoms. The second-order valence-electron chi connectivity index (χ2n) is 9.01. The third-order valence-corrected chi connectivity index (χ3v) is 7.24. The van der Waals surface area contributed by atoms with Gasteiger partial charge in [-0.2, -0.15) is 4.31 Å². The molecular weight excluding hydrogens is 456 g/mol. The molecule has 3 heterocycles. The largest absolute Gasteiger partial charge is 0.453 e. The lowest BCUT2D eigenvalue weighted by molar-refractivity contribution is 0.0260. The van der Waals surface area contributed by atoms with E-state index in [-0.39, 0.29) is 18.0 Å². The van der Waals surface area contributed by atoms with E-state index in [0.29, 0.717) is 41.8 Å². The molecular formula is C24H28N4O5S. The van der Waals surface area contributed by atoms with Gasteiger partial charge in [0.1, 0.15) is 11.4 Å². The second-order valence-corrected chi connectivity index (χ2v) is 10.9. The van der Waals surface area contributed by atoms with Crippen LogP contribution in [-0.4, -0.2) is 65.5 Å². The van der Waals surface area contributed by atoms with Gasteiger partial charge in [0.25, 0.3) is 0 Å². The summed E-state index contributed by atoms with van der Waals surface area (Å²) in [5.41, 5.74) is -0.614. The van der Waals surface area contributed by atoms with Crippen LogP contribution in [0.3, 0.4) is 0 Å². The predicted octanol–water partition coefficient (Wildman–Crippen LogP) is 4.05. The van der Waals surface area contributed by atoms with Crippen LogP contribution < -0.4 is 4.74 Å². The van der Waals surface area contributed by atoms with Crippen molar-refractivity contribution in [1.29, 1.82) is 0 Å². The molecule has 0 radical (unpaired) electrons. The van der Waals surface area contributed by atoms with E-state index in [0.717, 1.165) is 0 Å². The number of sulfonamides is 1. The Morgan fingerprint density at radius 2 is 1.79 bits per heavy atom. The molecule has 1 aliphatic heterocycles. The van der Waals surface area contributed by atoms with Crippen molar-refractivity contribution < 1.29 is 22.7 Å². The monoisotopic (exact) mass is 484 g/mol. The van der Waals surface area contributed by atoms with Crippen LogP contribution >= 0.6 is 0 Å². The molecule has 1 fully saturated rings. The molecule has 180 valence electrons. The lowest BCUT2D eigenvalue weighted by Crippen LogP contribution is -2.40. The molecule has 0 atom stereocenters. The lowest BCUT2D eigenvalue weighted by Gasteiger charge is -2.26.